The molecule has 86 valence electrons. The summed E-state index contributed by atoms with van der Waals surface area (Å²) in [5, 5.41) is 14.6. The number of nitrogen functional groups attached to an aromatic ring is 1. The summed E-state index contributed by atoms with van der Waals surface area (Å²) in [6.45, 7) is 0. The minimum Gasteiger partial charge on any atom is -0.367 e. The molecule has 0 saturated carbocycles. The zero-order valence-electron chi connectivity index (χ0n) is 8.54. The molecule has 0 radical (unpaired) electrons. The highest BCUT2D eigenvalue weighted by atomic mass is 19.1. The minimum atomic E-state index is -0.894. The Bertz CT molecular complexity index is 576. The standard InChI is InChI=1S/C10H7F2N5/c11-7-1-5(2-8(12)6(7)4-13)3-9-15-10(14)17-16-9/h1-2H,3H2,(H3,14,15,16,17). The molecule has 17 heavy (non-hydrogen) atoms. The van der Waals surface area contributed by atoms with E-state index in [2.05, 4.69) is 15.2 Å². The van der Waals surface area contributed by atoms with Gasteiger partial charge in [0.25, 0.3) is 0 Å². The van der Waals surface area contributed by atoms with Crippen molar-refractivity contribution < 1.29 is 8.78 Å². The minimum absolute atomic E-state index is 0.0644. The normalized spacial score (nSPS) is 10.2. The van der Waals surface area contributed by atoms with Crippen LogP contribution in [0.3, 0.4) is 0 Å². The van der Waals surface area contributed by atoms with Crippen molar-refractivity contribution in [2.75, 3.05) is 5.73 Å². The number of rotatable bonds is 2. The van der Waals surface area contributed by atoms with E-state index in [1.54, 1.807) is 0 Å². The molecule has 0 atom stereocenters. The molecule has 1 heterocycles. The van der Waals surface area contributed by atoms with Crippen LogP contribution < -0.4 is 5.73 Å². The van der Waals surface area contributed by atoms with Crippen molar-refractivity contribution >= 4 is 5.95 Å². The summed E-state index contributed by atoms with van der Waals surface area (Å²) in [6.07, 6.45) is 0.156. The van der Waals surface area contributed by atoms with Crippen LogP contribution in [-0.4, -0.2) is 15.2 Å². The first-order valence-electron chi connectivity index (χ1n) is 4.65. The van der Waals surface area contributed by atoms with Crippen LogP contribution in [0.25, 0.3) is 0 Å². The number of nitrogens with zero attached hydrogens (tertiary/aromatic N) is 3. The van der Waals surface area contributed by atoms with Crippen LogP contribution in [-0.2, 0) is 6.42 Å². The van der Waals surface area contributed by atoms with Crippen LogP contribution in [0.4, 0.5) is 14.7 Å². The molecule has 0 aliphatic heterocycles. The molecule has 0 amide bonds. The third kappa shape index (κ3) is 2.20. The van der Waals surface area contributed by atoms with Crippen molar-refractivity contribution in [3.8, 4) is 6.07 Å². The number of hydrogen-bond donors (Lipinski definition) is 2. The quantitative estimate of drug-likeness (QED) is 0.816. The molecule has 0 aliphatic rings. The topological polar surface area (TPSA) is 91.4 Å². The Hall–Kier alpha value is -2.49. The van der Waals surface area contributed by atoms with Crippen LogP contribution >= 0.6 is 0 Å². The predicted molar refractivity (Wildman–Crippen MR) is 54.7 cm³/mol. The van der Waals surface area contributed by atoms with Crippen molar-refractivity contribution in [1.82, 2.24) is 15.2 Å². The summed E-state index contributed by atoms with van der Waals surface area (Å²) >= 11 is 0. The molecule has 5 nitrogen and oxygen atoms in total. The molecule has 0 saturated heterocycles. The van der Waals surface area contributed by atoms with Gasteiger partial charge in [-0.05, 0) is 17.7 Å². The second-order valence-electron chi connectivity index (χ2n) is 3.36. The summed E-state index contributed by atoms with van der Waals surface area (Å²) in [6, 6.07) is 3.62. The van der Waals surface area contributed by atoms with E-state index in [9.17, 15) is 8.78 Å². The highest BCUT2D eigenvalue weighted by Crippen LogP contribution is 2.16. The molecule has 2 aromatic rings. The molecule has 1 aromatic carbocycles. The third-order valence-electron chi connectivity index (χ3n) is 2.13. The lowest BCUT2D eigenvalue weighted by atomic mass is 10.1. The van der Waals surface area contributed by atoms with Gasteiger partial charge in [-0.15, -0.1) is 5.10 Å². The number of nitrogens with one attached hydrogen (secondary N) is 1. The van der Waals surface area contributed by atoms with Crippen LogP contribution in [0.15, 0.2) is 12.1 Å². The van der Waals surface area contributed by atoms with E-state index in [-0.39, 0.29) is 12.4 Å². The number of benzene rings is 1. The fraction of sp³-hybridized carbons (Fsp3) is 0.100. The van der Waals surface area contributed by atoms with Gasteiger partial charge in [0.05, 0.1) is 0 Å². The van der Waals surface area contributed by atoms with Crippen LogP contribution in [0.5, 0.6) is 0 Å². The molecule has 0 bridgehead atoms. The lowest BCUT2D eigenvalue weighted by Gasteiger charge is -2.01. The average molecular weight is 235 g/mol. The summed E-state index contributed by atoms with van der Waals surface area (Å²) in [5.74, 6) is -1.33. The maximum absolute atomic E-state index is 13.3. The summed E-state index contributed by atoms with van der Waals surface area (Å²) < 4.78 is 26.6. The molecule has 2 rings (SSSR count). The van der Waals surface area contributed by atoms with Gasteiger partial charge < -0.3 is 5.73 Å². The van der Waals surface area contributed by atoms with Crippen LogP contribution in [0.1, 0.15) is 17.0 Å². The lowest BCUT2D eigenvalue weighted by molar-refractivity contribution is 0.574. The molecule has 0 fully saturated rings. The molecular formula is C10H7F2N5. The SMILES string of the molecule is N#Cc1c(F)cc(Cc2nc(N)n[nH]2)cc1F. The van der Waals surface area contributed by atoms with Gasteiger partial charge in [-0.3, -0.25) is 5.10 Å². The van der Waals surface area contributed by atoms with Crippen molar-refractivity contribution in [2.45, 2.75) is 6.42 Å². The summed E-state index contributed by atoms with van der Waals surface area (Å²) in [7, 11) is 0. The van der Waals surface area contributed by atoms with Gasteiger partial charge in [0.1, 0.15) is 29.1 Å². The van der Waals surface area contributed by atoms with Crippen LogP contribution in [0, 0.1) is 23.0 Å². The maximum atomic E-state index is 13.3. The predicted octanol–water partition coefficient (Wildman–Crippen LogP) is 1.13. The Morgan fingerprint density at radius 1 is 1.35 bits per heavy atom. The smallest absolute Gasteiger partial charge is 0.239 e. The number of aromatic nitrogens is 3. The number of halogens is 2. The van der Waals surface area contributed by atoms with E-state index in [1.807, 2.05) is 0 Å². The van der Waals surface area contributed by atoms with Crippen molar-refractivity contribution in [2.24, 2.45) is 0 Å². The van der Waals surface area contributed by atoms with E-state index >= 15 is 0 Å². The number of anilines is 1. The summed E-state index contributed by atoms with van der Waals surface area (Å²) in [4.78, 5) is 3.81. The molecular weight excluding hydrogens is 228 g/mol. The second-order valence-corrected chi connectivity index (χ2v) is 3.36. The fourth-order valence-electron chi connectivity index (χ4n) is 1.42. The van der Waals surface area contributed by atoms with Gasteiger partial charge in [-0.25, -0.2) is 8.78 Å². The maximum Gasteiger partial charge on any atom is 0.239 e. The van der Waals surface area contributed by atoms with E-state index in [4.69, 9.17) is 11.0 Å². The Kier molecular flexibility index (Phi) is 2.70. The first kappa shape index (κ1) is 11.0. The van der Waals surface area contributed by atoms with Gasteiger partial charge in [-0.2, -0.15) is 10.2 Å². The lowest BCUT2D eigenvalue weighted by Crippen LogP contribution is -1.97. The average Bonchev–Trinajstić information content (AvgIpc) is 2.63. The number of nitriles is 1. The summed E-state index contributed by atoms with van der Waals surface area (Å²) in [5.41, 5.74) is 5.04. The Labute approximate surface area is 94.9 Å². The zero-order valence-corrected chi connectivity index (χ0v) is 8.54. The zero-order chi connectivity index (χ0) is 12.4. The Morgan fingerprint density at radius 2 is 2.00 bits per heavy atom. The number of hydrogen-bond acceptors (Lipinski definition) is 4. The first-order chi connectivity index (χ1) is 8.10. The monoisotopic (exact) mass is 235 g/mol. The largest absolute Gasteiger partial charge is 0.367 e. The van der Waals surface area contributed by atoms with E-state index in [0.29, 0.717) is 11.4 Å². The van der Waals surface area contributed by atoms with E-state index < -0.39 is 17.2 Å². The molecule has 0 unspecified atom stereocenters. The number of aromatic amines is 1. The highest BCUT2D eigenvalue weighted by molar-refractivity contribution is 5.36. The molecule has 7 heteroatoms. The van der Waals surface area contributed by atoms with Gasteiger partial charge in [0, 0.05) is 6.42 Å². The molecule has 3 N–H and O–H groups in total. The van der Waals surface area contributed by atoms with Gasteiger partial charge in [0.2, 0.25) is 5.95 Å². The van der Waals surface area contributed by atoms with E-state index in [1.165, 1.54) is 6.07 Å². The van der Waals surface area contributed by atoms with E-state index in [0.717, 1.165) is 12.1 Å². The van der Waals surface area contributed by atoms with Gasteiger partial charge >= 0.3 is 0 Å². The van der Waals surface area contributed by atoms with Crippen molar-refractivity contribution in [3.63, 3.8) is 0 Å². The molecule has 0 spiro atoms. The number of nitrogens with two attached hydrogens (primary N) is 1. The first-order valence-corrected chi connectivity index (χ1v) is 4.65. The van der Waals surface area contributed by atoms with Gasteiger partial charge in [-0.1, -0.05) is 0 Å². The fourth-order valence-corrected chi connectivity index (χ4v) is 1.42. The van der Waals surface area contributed by atoms with Crippen molar-refractivity contribution in [1.29, 1.82) is 5.26 Å². The molecule has 0 aliphatic carbocycles. The van der Waals surface area contributed by atoms with Gasteiger partial charge in [0.15, 0.2) is 0 Å². The Morgan fingerprint density at radius 3 is 2.47 bits per heavy atom. The Balaban J connectivity index is 2.32. The highest BCUT2D eigenvalue weighted by Gasteiger charge is 2.11. The van der Waals surface area contributed by atoms with Crippen LogP contribution in [0.2, 0.25) is 0 Å². The second kappa shape index (κ2) is 4.17. The third-order valence-corrected chi connectivity index (χ3v) is 2.13. The molecule has 1 aromatic heterocycles. The van der Waals surface area contributed by atoms with Crippen molar-refractivity contribution in [3.05, 3.63) is 40.7 Å². The number of H-pyrrole nitrogens is 1.